The molecule has 1 heterocycles. The van der Waals surface area contributed by atoms with Crippen LogP contribution in [0.25, 0.3) is 0 Å². The molecule has 0 aliphatic heterocycles. The molecule has 1 aromatic heterocycles. The number of aryl methyl sites for hydroxylation is 1. The van der Waals surface area contributed by atoms with E-state index in [4.69, 9.17) is 4.74 Å². The van der Waals surface area contributed by atoms with Gasteiger partial charge in [0.1, 0.15) is 5.75 Å². The van der Waals surface area contributed by atoms with Crippen molar-refractivity contribution in [2.45, 2.75) is 26.3 Å². The van der Waals surface area contributed by atoms with Crippen LogP contribution in [0.2, 0.25) is 0 Å². The van der Waals surface area contributed by atoms with Crippen LogP contribution >= 0.6 is 0 Å². The zero-order valence-corrected chi connectivity index (χ0v) is 12.3. The number of methoxy groups -OCH3 is 1. The molecule has 0 aliphatic rings. The summed E-state index contributed by atoms with van der Waals surface area (Å²) in [5.41, 5.74) is 1.95. The molecule has 0 fully saturated rings. The largest absolute Gasteiger partial charge is 0.497 e. The second-order valence-corrected chi connectivity index (χ2v) is 5.00. The molecule has 0 spiro atoms. The fourth-order valence-corrected chi connectivity index (χ4v) is 2.26. The summed E-state index contributed by atoms with van der Waals surface area (Å²) in [6.45, 7) is 2.79. The maximum atomic E-state index is 11.5. The van der Waals surface area contributed by atoms with Crippen molar-refractivity contribution in [2.24, 2.45) is 5.92 Å². The van der Waals surface area contributed by atoms with E-state index < -0.39 is 11.9 Å². The Balaban J connectivity index is 2.05. The number of carbonyl (C=O) groups is 1. The molecule has 1 N–H and O–H groups in total. The van der Waals surface area contributed by atoms with E-state index in [0.717, 1.165) is 23.4 Å². The number of aliphatic carboxylic acids is 1. The molecule has 2 aromatic rings. The highest BCUT2D eigenvalue weighted by atomic mass is 16.5. The predicted molar refractivity (Wildman–Crippen MR) is 79.4 cm³/mol. The van der Waals surface area contributed by atoms with Gasteiger partial charge in [0.15, 0.2) is 0 Å². The number of carboxylic acid groups (broad SMARTS) is 1. The standard InChI is InChI=1S/C16H20N2O3/c1-3-18-11-13(10-17-18)9-14(16(19)20)8-12-4-6-15(21-2)7-5-12/h4-7,10-11,14H,3,8-9H2,1-2H3,(H,19,20). The lowest BCUT2D eigenvalue weighted by atomic mass is 9.94. The van der Waals surface area contributed by atoms with Crippen LogP contribution < -0.4 is 4.74 Å². The Bertz CT molecular complexity index is 590. The first-order chi connectivity index (χ1) is 10.1. The maximum absolute atomic E-state index is 11.5. The van der Waals surface area contributed by atoms with Gasteiger partial charge in [0.2, 0.25) is 0 Å². The van der Waals surface area contributed by atoms with Crippen molar-refractivity contribution >= 4 is 5.97 Å². The molecule has 0 saturated carbocycles. The number of aromatic nitrogens is 2. The minimum absolute atomic E-state index is 0.451. The quantitative estimate of drug-likeness (QED) is 0.849. The van der Waals surface area contributed by atoms with Crippen LogP contribution in [-0.4, -0.2) is 28.0 Å². The Hall–Kier alpha value is -2.30. The molecule has 5 nitrogen and oxygen atoms in total. The lowest BCUT2D eigenvalue weighted by molar-refractivity contribution is -0.141. The van der Waals surface area contributed by atoms with Crippen molar-refractivity contribution in [3.63, 3.8) is 0 Å². The van der Waals surface area contributed by atoms with Crippen LogP contribution in [0.3, 0.4) is 0 Å². The molecule has 112 valence electrons. The summed E-state index contributed by atoms with van der Waals surface area (Å²) in [4.78, 5) is 11.5. The zero-order chi connectivity index (χ0) is 15.2. The van der Waals surface area contributed by atoms with Crippen LogP contribution in [0.15, 0.2) is 36.7 Å². The Morgan fingerprint density at radius 3 is 2.48 bits per heavy atom. The number of ether oxygens (including phenoxy) is 1. The van der Waals surface area contributed by atoms with Crippen LogP contribution in [0.1, 0.15) is 18.1 Å². The summed E-state index contributed by atoms with van der Waals surface area (Å²) >= 11 is 0. The Labute approximate surface area is 124 Å². The van der Waals surface area contributed by atoms with Gasteiger partial charge in [-0.05, 0) is 43.0 Å². The van der Waals surface area contributed by atoms with Gasteiger partial charge in [-0.1, -0.05) is 12.1 Å². The summed E-state index contributed by atoms with van der Waals surface area (Å²) in [6.07, 6.45) is 4.63. The van der Waals surface area contributed by atoms with Crippen LogP contribution in [0.4, 0.5) is 0 Å². The van der Waals surface area contributed by atoms with E-state index in [1.54, 1.807) is 13.3 Å². The topological polar surface area (TPSA) is 64.3 Å². The number of benzene rings is 1. The first-order valence-electron chi connectivity index (χ1n) is 6.99. The molecule has 0 radical (unpaired) electrons. The fourth-order valence-electron chi connectivity index (χ4n) is 2.26. The lowest BCUT2D eigenvalue weighted by Crippen LogP contribution is -2.19. The first kappa shape index (κ1) is 15.1. The molecular formula is C16H20N2O3. The third-order valence-corrected chi connectivity index (χ3v) is 3.48. The van der Waals surface area contributed by atoms with E-state index in [-0.39, 0.29) is 0 Å². The normalized spacial score (nSPS) is 12.1. The van der Waals surface area contributed by atoms with Crippen LogP contribution in [0, 0.1) is 5.92 Å². The van der Waals surface area contributed by atoms with E-state index in [1.807, 2.05) is 42.1 Å². The van der Waals surface area contributed by atoms with Gasteiger partial charge < -0.3 is 9.84 Å². The van der Waals surface area contributed by atoms with Crippen molar-refractivity contribution < 1.29 is 14.6 Å². The predicted octanol–water partition coefficient (Wildman–Crippen LogP) is 2.40. The second kappa shape index (κ2) is 6.92. The highest BCUT2D eigenvalue weighted by Crippen LogP contribution is 2.18. The molecule has 0 amide bonds. The Morgan fingerprint density at radius 2 is 1.95 bits per heavy atom. The molecule has 5 heteroatoms. The minimum Gasteiger partial charge on any atom is -0.497 e. The van der Waals surface area contributed by atoms with Crippen molar-refractivity contribution in [3.8, 4) is 5.75 Å². The van der Waals surface area contributed by atoms with Gasteiger partial charge in [0, 0.05) is 12.7 Å². The lowest BCUT2D eigenvalue weighted by Gasteiger charge is -2.11. The van der Waals surface area contributed by atoms with Gasteiger partial charge in [-0.2, -0.15) is 5.10 Å². The Morgan fingerprint density at radius 1 is 1.29 bits per heavy atom. The van der Waals surface area contributed by atoms with Crippen LogP contribution in [0.5, 0.6) is 5.75 Å². The highest BCUT2D eigenvalue weighted by Gasteiger charge is 2.19. The van der Waals surface area contributed by atoms with E-state index in [2.05, 4.69) is 5.10 Å². The summed E-state index contributed by atoms with van der Waals surface area (Å²) in [6, 6.07) is 7.52. The van der Waals surface area contributed by atoms with Crippen molar-refractivity contribution in [2.75, 3.05) is 7.11 Å². The average molecular weight is 288 g/mol. The highest BCUT2D eigenvalue weighted by molar-refractivity contribution is 5.70. The average Bonchev–Trinajstić information content (AvgIpc) is 2.95. The first-order valence-corrected chi connectivity index (χ1v) is 6.99. The van der Waals surface area contributed by atoms with Gasteiger partial charge in [-0.25, -0.2) is 0 Å². The summed E-state index contributed by atoms with van der Waals surface area (Å²) in [5, 5.41) is 13.6. The number of nitrogens with zero attached hydrogens (tertiary/aromatic N) is 2. The molecule has 2 rings (SSSR count). The molecule has 1 unspecified atom stereocenters. The fraction of sp³-hybridized carbons (Fsp3) is 0.375. The summed E-state index contributed by atoms with van der Waals surface area (Å²) in [7, 11) is 1.61. The van der Waals surface area contributed by atoms with Gasteiger partial charge in [-0.15, -0.1) is 0 Å². The smallest absolute Gasteiger partial charge is 0.307 e. The van der Waals surface area contributed by atoms with Crippen molar-refractivity contribution in [1.29, 1.82) is 0 Å². The summed E-state index contributed by atoms with van der Waals surface area (Å²) < 4.78 is 6.91. The monoisotopic (exact) mass is 288 g/mol. The van der Waals surface area contributed by atoms with Gasteiger partial charge in [-0.3, -0.25) is 9.48 Å². The van der Waals surface area contributed by atoms with Crippen molar-refractivity contribution in [3.05, 3.63) is 47.8 Å². The maximum Gasteiger partial charge on any atom is 0.307 e. The minimum atomic E-state index is -0.782. The number of hydrogen-bond donors (Lipinski definition) is 1. The molecule has 1 aromatic carbocycles. The van der Waals surface area contributed by atoms with Crippen LogP contribution in [-0.2, 0) is 24.2 Å². The number of hydrogen-bond acceptors (Lipinski definition) is 3. The van der Waals surface area contributed by atoms with Gasteiger partial charge in [0.05, 0.1) is 19.2 Å². The van der Waals surface area contributed by atoms with Gasteiger partial charge >= 0.3 is 5.97 Å². The number of rotatable bonds is 7. The molecule has 0 aliphatic carbocycles. The molecule has 0 saturated heterocycles. The number of carboxylic acids is 1. The van der Waals surface area contributed by atoms with Gasteiger partial charge in [0.25, 0.3) is 0 Å². The third kappa shape index (κ3) is 4.08. The Kier molecular flexibility index (Phi) is 4.98. The summed E-state index contributed by atoms with van der Waals surface area (Å²) in [5.74, 6) is -0.460. The molecule has 21 heavy (non-hydrogen) atoms. The van der Waals surface area contributed by atoms with E-state index in [0.29, 0.717) is 12.8 Å². The molecule has 0 bridgehead atoms. The third-order valence-electron chi connectivity index (χ3n) is 3.48. The van der Waals surface area contributed by atoms with E-state index >= 15 is 0 Å². The molecular weight excluding hydrogens is 268 g/mol. The van der Waals surface area contributed by atoms with E-state index in [1.165, 1.54) is 0 Å². The second-order valence-electron chi connectivity index (χ2n) is 5.00. The van der Waals surface area contributed by atoms with Crippen molar-refractivity contribution in [1.82, 2.24) is 9.78 Å². The SMILES string of the molecule is CCn1cc(CC(Cc2ccc(OC)cc2)C(=O)O)cn1. The molecule has 1 atom stereocenters. The van der Waals surface area contributed by atoms with E-state index in [9.17, 15) is 9.90 Å². The zero-order valence-electron chi connectivity index (χ0n) is 12.3.